The third kappa shape index (κ3) is 3.71. The van der Waals surface area contributed by atoms with Crippen LogP contribution in [0.15, 0.2) is 61.2 Å². The van der Waals surface area contributed by atoms with Crippen LogP contribution >= 0.6 is 0 Å². The molecule has 5 aromatic rings. The predicted molar refractivity (Wildman–Crippen MR) is 127 cm³/mol. The fourth-order valence-corrected chi connectivity index (χ4v) is 4.37. The molecule has 8 nitrogen and oxygen atoms in total. The van der Waals surface area contributed by atoms with Gasteiger partial charge in [-0.25, -0.2) is 23.4 Å². The molecule has 0 unspecified atom stereocenters. The van der Waals surface area contributed by atoms with Gasteiger partial charge in [-0.1, -0.05) is 18.2 Å². The third-order valence-corrected chi connectivity index (χ3v) is 5.89. The van der Waals surface area contributed by atoms with Crippen molar-refractivity contribution < 1.29 is 8.42 Å². The van der Waals surface area contributed by atoms with Crippen LogP contribution in [0.3, 0.4) is 0 Å². The second-order valence-corrected chi connectivity index (χ2v) is 9.81. The molecule has 0 atom stereocenters. The number of sulfonamides is 1. The Morgan fingerprint density at radius 3 is 2.69 bits per heavy atom. The number of hydrogen-bond donors (Lipinski definition) is 2. The molecule has 162 valence electrons. The van der Waals surface area contributed by atoms with E-state index in [4.69, 9.17) is 4.98 Å². The number of rotatable bonds is 5. The number of benzene rings is 2. The number of fused-ring (bicyclic) bond motifs is 2. The van der Waals surface area contributed by atoms with Crippen molar-refractivity contribution in [1.29, 1.82) is 0 Å². The maximum atomic E-state index is 11.6. The Balaban J connectivity index is 1.60. The van der Waals surface area contributed by atoms with Crippen molar-refractivity contribution in [3.05, 3.63) is 61.2 Å². The van der Waals surface area contributed by atoms with Crippen molar-refractivity contribution in [3.63, 3.8) is 0 Å². The number of aromatic nitrogens is 5. The van der Waals surface area contributed by atoms with Gasteiger partial charge in [0.05, 0.1) is 35.5 Å². The molecule has 3 heterocycles. The van der Waals surface area contributed by atoms with Crippen molar-refractivity contribution in [2.45, 2.75) is 19.9 Å². The number of imidazole rings is 1. The van der Waals surface area contributed by atoms with Crippen LogP contribution in [-0.2, 0) is 10.0 Å². The van der Waals surface area contributed by atoms with Gasteiger partial charge in [0.15, 0.2) is 5.65 Å². The maximum absolute atomic E-state index is 11.6. The van der Waals surface area contributed by atoms with Gasteiger partial charge in [0.25, 0.3) is 0 Å². The summed E-state index contributed by atoms with van der Waals surface area (Å²) in [4.78, 5) is 17.1. The summed E-state index contributed by atoms with van der Waals surface area (Å²) in [5.41, 5.74) is 7.32. The molecule has 0 saturated carbocycles. The van der Waals surface area contributed by atoms with Gasteiger partial charge in [-0.15, -0.1) is 0 Å². The zero-order valence-electron chi connectivity index (χ0n) is 17.9. The number of nitrogens with one attached hydrogen (secondary N) is 2. The first-order valence-corrected chi connectivity index (χ1v) is 12.1. The van der Waals surface area contributed by atoms with Crippen LogP contribution in [0, 0.1) is 0 Å². The number of aromatic amines is 1. The van der Waals surface area contributed by atoms with E-state index in [1.165, 1.54) is 0 Å². The molecular formula is C23H22N6O2S. The van der Waals surface area contributed by atoms with Crippen LogP contribution < -0.4 is 4.72 Å². The number of anilines is 1. The molecule has 0 fully saturated rings. The van der Waals surface area contributed by atoms with Gasteiger partial charge in [-0.2, -0.15) is 0 Å². The number of H-pyrrole nitrogens is 1. The summed E-state index contributed by atoms with van der Waals surface area (Å²) in [6.45, 7) is 4.26. The minimum Gasteiger partial charge on any atom is -0.344 e. The van der Waals surface area contributed by atoms with E-state index >= 15 is 0 Å². The highest BCUT2D eigenvalue weighted by Crippen LogP contribution is 2.31. The molecule has 0 amide bonds. The fraction of sp³-hybridized carbons (Fsp3) is 0.174. The molecule has 0 radical (unpaired) electrons. The Morgan fingerprint density at radius 1 is 1.06 bits per heavy atom. The van der Waals surface area contributed by atoms with Crippen LogP contribution in [0.1, 0.15) is 19.9 Å². The Hall–Kier alpha value is -3.72. The summed E-state index contributed by atoms with van der Waals surface area (Å²) in [5.74, 6) is 0. The average molecular weight is 447 g/mol. The predicted octanol–water partition coefficient (Wildman–Crippen LogP) is 4.59. The molecule has 0 aliphatic heterocycles. The summed E-state index contributed by atoms with van der Waals surface area (Å²) in [6.07, 6.45) is 6.58. The molecule has 0 bridgehead atoms. The van der Waals surface area contributed by atoms with E-state index in [0.29, 0.717) is 23.1 Å². The van der Waals surface area contributed by atoms with Gasteiger partial charge >= 0.3 is 0 Å². The Bertz CT molecular complexity index is 1570. The van der Waals surface area contributed by atoms with E-state index in [-0.39, 0.29) is 0 Å². The molecule has 32 heavy (non-hydrogen) atoms. The second kappa shape index (κ2) is 7.45. The first-order chi connectivity index (χ1) is 15.3. The summed E-state index contributed by atoms with van der Waals surface area (Å²) in [7, 11) is -3.37. The van der Waals surface area contributed by atoms with Crippen LogP contribution in [-0.4, -0.2) is 39.2 Å². The van der Waals surface area contributed by atoms with E-state index in [0.717, 1.165) is 39.5 Å². The number of nitrogens with zero attached hydrogens (tertiary/aromatic N) is 4. The molecule has 2 N–H and O–H groups in total. The topological polar surface area (TPSA) is 106 Å². The molecule has 0 aliphatic rings. The van der Waals surface area contributed by atoms with E-state index < -0.39 is 10.0 Å². The Kier molecular flexibility index (Phi) is 4.70. The fourth-order valence-electron chi connectivity index (χ4n) is 3.81. The summed E-state index contributed by atoms with van der Waals surface area (Å²) >= 11 is 0. The van der Waals surface area contributed by atoms with E-state index in [9.17, 15) is 8.42 Å². The smallest absolute Gasteiger partial charge is 0.229 e. The normalized spacial score (nSPS) is 12.1. The van der Waals surface area contributed by atoms with Gasteiger partial charge in [-0.05, 0) is 43.7 Å². The SMILES string of the molecule is CC(C)n1cnc2ccc(-c3c[nH]c4ncc(-c5cccc(NS(C)(=O)=O)c5)nc34)cc21. The minimum absolute atomic E-state index is 0.303. The molecule has 3 aromatic heterocycles. The highest BCUT2D eigenvalue weighted by Gasteiger charge is 2.14. The van der Waals surface area contributed by atoms with Gasteiger partial charge in [-0.3, -0.25) is 4.72 Å². The summed E-state index contributed by atoms with van der Waals surface area (Å²) < 4.78 is 27.8. The van der Waals surface area contributed by atoms with Crippen molar-refractivity contribution in [3.8, 4) is 22.4 Å². The van der Waals surface area contributed by atoms with Gasteiger partial charge in [0.2, 0.25) is 10.0 Å². The molecule has 0 spiro atoms. The lowest BCUT2D eigenvalue weighted by Gasteiger charge is -2.09. The Labute approximate surface area is 185 Å². The minimum atomic E-state index is -3.37. The first-order valence-electron chi connectivity index (χ1n) is 10.2. The average Bonchev–Trinajstić information content (AvgIpc) is 3.36. The second-order valence-electron chi connectivity index (χ2n) is 8.06. The van der Waals surface area contributed by atoms with Crippen LogP contribution in [0.4, 0.5) is 5.69 Å². The lowest BCUT2D eigenvalue weighted by atomic mass is 10.1. The Morgan fingerprint density at radius 2 is 1.91 bits per heavy atom. The summed E-state index contributed by atoms with van der Waals surface area (Å²) in [6, 6.07) is 13.6. The molecule has 2 aromatic carbocycles. The molecule has 5 rings (SSSR count). The quantitative estimate of drug-likeness (QED) is 0.411. The standard InChI is InChI=1S/C23H22N6O2S/c1-14(2)29-13-26-19-8-7-15(10-21(19)29)18-11-24-23-22(18)27-20(12-25-23)16-5-4-6-17(9-16)28-32(3,30)31/h4-14,28H,1-3H3,(H,24,25). The molecule has 0 saturated heterocycles. The van der Waals surface area contributed by atoms with Gasteiger partial charge in [0, 0.05) is 29.1 Å². The molecule has 9 heteroatoms. The van der Waals surface area contributed by atoms with Crippen molar-refractivity contribution in [2.75, 3.05) is 11.0 Å². The van der Waals surface area contributed by atoms with Crippen LogP contribution in [0.5, 0.6) is 0 Å². The van der Waals surface area contributed by atoms with E-state index in [1.54, 1.807) is 24.4 Å². The molecule has 0 aliphatic carbocycles. The zero-order chi connectivity index (χ0) is 22.5. The third-order valence-electron chi connectivity index (χ3n) is 5.28. The van der Waals surface area contributed by atoms with Gasteiger partial charge in [0.1, 0.15) is 5.52 Å². The van der Waals surface area contributed by atoms with Gasteiger partial charge < -0.3 is 9.55 Å². The monoisotopic (exact) mass is 446 g/mol. The van der Waals surface area contributed by atoms with E-state index in [2.05, 4.69) is 44.2 Å². The van der Waals surface area contributed by atoms with E-state index in [1.807, 2.05) is 30.7 Å². The van der Waals surface area contributed by atoms with Crippen LogP contribution in [0.2, 0.25) is 0 Å². The van der Waals surface area contributed by atoms with Crippen LogP contribution in [0.25, 0.3) is 44.6 Å². The highest BCUT2D eigenvalue weighted by molar-refractivity contribution is 7.92. The lowest BCUT2D eigenvalue weighted by molar-refractivity contribution is 0.607. The maximum Gasteiger partial charge on any atom is 0.229 e. The highest BCUT2D eigenvalue weighted by atomic mass is 32.2. The molecular weight excluding hydrogens is 424 g/mol. The zero-order valence-corrected chi connectivity index (χ0v) is 18.7. The van der Waals surface area contributed by atoms with Crippen molar-refractivity contribution in [1.82, 2.24) is 24.5 Å². The van der Waals surface area contributed by atoms with Crippen molar-refractivity contribution in [2.24, 2.45) is 0 Å². The summed E-state index contributed by atoms with van der Waals surface area (Å²) in [5, 5.41) is 0. The largest absolute Gasteiger partial charge is 0.344 e. The lowest BCUT2D eigenvalue weighted by Crippen LogP contribution is -2.09. The number of hydrogen-bond acceptors (Lipinski definition) is 5. The first kappa shape index (κ1) is 20.2. The van der Waals surface area contributed by atoms with Crippen molar-refractivity contribution >= 4 is 37.9 Å².